The van der Waals surface area contributed by atoms with Crippen LogP contribution in [0.2, 0.25) is 0 Å². The largest absolute Gasteiger partial charge is 0.493 e. The Bertz CT molecular complexity index is 465. The molecule has 0 heterocycles. The normalized spacial score (nSPS) is 10.0. The predicted molar refractivity (Wildman–Crippen MR) is 83.1 cm³/mol. The van der Waals surface area contributed by atoms with E-state index in [-0.39, 0.29) is 11.9 Å². The third-order valence-corrected chi connectivity index (χ3v) is 3.24. The highest BCUT2D eigenvalue weighted by Crippen LogP contribution is 2.17. The quantitative estimate of drug-likeness (QED) is 0.545. The highest BCUT2D eigenvalue weighted by atomic mass is 79.9. The summed E-state index contributed by atoms with van der Waals surface area (Å²) in [5, 5.41) is 2.79. The third-order valence-electron chi connectivity index (χ3n) is 2.75. The van der Waals surface area contributed by atoms with E-state index in [1.807, 2.05) is 24.3 Å². The number of hydrogen-bond donors (Lipinski definition) is 1. The Kier molecular flexibility index (Phi) is 8.50. The van der Waals surface area contributed by atoms with Crippen molar-refractivity contribution < 1.29 is 19.1 Å². The maximum absolute atomic E-state index is 11.6. The molecule has 0 fully saturated rings. The van der Waals surface area contributed by atoms with E-state index in [4.69, 9.17) is 4.74 Å². The first-order valence-electron chi connectivity index (χ1n) is 6.83. The maximum atomic E-state index is 11.6. The van der Waals surface area contributed by atoms with Crippen LogP contribution < -0.4 is 10.1 Å². The number of ether oxygens (including phenoxy) is 2. The van der Waals surface area contributed by atoms with E-state index in [2.05, 4.69) is 26.0 Å². The van der Waals surface area contributed by atoms with E-state index in [1.165, 1.54) is 7.11 Å². The second kappa shape index (κ2) is 10.2. The van der Waals surface area contributed by atoms with Crippen LogP contribution in [0.3, 0.4) is 0 Å². The van der Waals surface area contributed by atoms with Gasteiger partial charge in [-0.3, -0.25) is 9.59 Å². The molecule has 21 heavy (non-hydrogen) atoms. The molecule has 0 aliphatic carbocycles. The lowest BCUT2D eigenvalue weighted by Crippen LogP contribution is -2.26. The first-order chi connectivity index (χ1) is 10.1. The van der Waals surface area contributed by atoms with Crippen molar-refractivity contribution in [3.8, 4) is 5.75 Å². The van der Waals surface area contributed by atoms with E-state index >= 15 is 0 Å². The number of rotatable bonds is 9. The summed E-state index contributed by atoms with van der Waals surface area (Å²) in [5.74, 6) is 0.460. The van der Waals surface area contributed by atoms with Gasteiger partial charge in [0.05, 0.1) is 20.1 Å². The predicted octanol–water partition coefficient (Wildman–Crippen LogP) is 2.68. The van der Waals surface area contributed by atoms with Crippen molar-refractivity contribution >= 4 is 27.8 Å². The molecule has 0 unspecified atom stereocenters. The standard InChI is InChI=1S/C15H20BrNO4/c1-20-15(19)7-2-3-9-17-14(18)8-10-21-13-6-4-5-12(16)11-13/h4-6,11H,2-3,7-10H2,1H3,(H,17,18). The second-order valence-electron chi connectivity index (χ2n) is 4.44. The van der Waals surface area contributed by atoms with Gasteiger partial charge >= 0.3 is 5.97 Å². The highest BCUT2D eigenvalue weighted by molar-refractivity contribution is 9.10. The molecule has 5 nitrogen and oxygen atoms in total. The lowest BCUT2D eigenvalue weighted by molar-refractivity contribution is -0.140. The van der Waals surface area contributed by atoms with Crippen LogP contribution in [0.4, 0.5) is 0 Å². The molecular weight excluding hydrogens is 338 g/mol. The van der Waals surface area contributed by atoms with Gasteiger partial charge in [-0.2, -0.15) is 0 Å². The first-order valence-corrected chi connectivity index (χ1v) is 7.63. The van der Waals surface area contributed by atoms with Crippen LogP contribution in [0.5, 0.6) is 5.75 Å². The monoisotopic (exact) mass is 357 g/mol. The molecule has 0 radical (unpaired) electrons. The van der Waals surface area contributed by atoms with Crippen molar-refractivity contribution in [3.05, 3.63) is 28.7 Å². The van der Waals surface area contributed by atoms with E-state index < -0.39 is 0 Å². The van der Waals surface area contributed by atoms with E-state index in [9.17, 15) is 9.59 Å². The van der Waals surface area contributed by atoms with Crippen LogP contribution in [0, 0.1) is 0 Å². The summed E-state index contributed by atoms with van der Waals surface area (Å²) in [6.45, 7) is 0.900. The van der Waals surface area contributed by atoms with Crippen LogP contribution in [0.1, 0.15) is 25.7 Å². The van der Waals surface area contributed by atoms with Gasteiger partial charge in [0.25, 0.3) is 0 Å². The molecule has 0 aliphatic rings. The Morgan fingerprint density at radius 2 is 2.05 bits per heavy atom. The Hall–Kier alpha value is -1.56. The SMILES string of the molecule is COC(=O)CCCCNC(=O)CCOc1cccc(Br)c1. The molecule has 116 valence electrons. The summed E-state index contributed by atoms with van der Waals surface area (Å²) in [6, 6.07) is 7.48. The van der Waals surface area contributed by atoms with Gasteiger partial charge in [0.1, 0.15) is 5.75 Å². The molecule has 0 aliphatic heterocycles. The second-order valence-corrected chi connectivity index (χ2v) is 5.35. The van der Waals surface area contributed by atoms with Gasteiger partial charge in [-0.1, -0.05) is 22.0 Å². The fourth-order valence-corrected chi connectivity index (χ4v) is 2.01. The molecular formula is C15H20BrNO4. The van der Waals surface area contributed by atoms with Crippen molar-refractivity contribution in [1.82, 2.24) is 5.32 Å². The van der Waals surface area contributed by atoms with Crippen LogP contribution in [0.25, 0.3) is 0 Å². The average molecular weight is 358 g/mol. The number of nitrogens with one attached hydrogen (secondary N) is 1. The Morgan fingerprint density at radius 3 is 2.76 bits per heavy atom. The molecule has 1 N–H and O–H groups in total. The van der Waals surface area contributed by atoms with Crippen molar-refractivity contribution in [2.75, 3.05) is 20.3 Å². The van der Waals surface area contributed by atoms with Gasteiger partial charge in [0, 0.05) is 17.4 Å². The van der Waals surface area contributed by atoms with Crippen LogP contribution >= 0.6 is 15.9 Å². The molecule has 0 saturated heterocycles. The number of carbonyl (C=O) groups excluding carboxylic acids is 2. The van der Waals surface area contributed by atoms with Gasteiger partial charge < -0.3 is 14.8 Å². The lowest BCUT2D eigenvalue weighted by Gasteiger charge is -2.07. The molecule has 1 aromatic rings. The average Bonchev–Trinajstić information content (AvgIpc) is 2.46. The van der Waals surface area contributed by atoms with E-state index in [1.54, 1.807) is 0 Å². The lowest BCUT2D eigenvalue weighted by atomic mass is 10.2. The fourth-order valence-electron chi connectivity index (χ4n) is 1.63. The van der Waals surface area contributed by atoms with Gasteiger partial charge in [0.2, 0.25) is 5.91 Å². The van der Waals surface area contributed by atoms with Gasteiger partial charge in [-0.05, 0) is 31.0 Å². The molecule has 0 atom stereocenters. The summed E-state index contributed by atoms with van der Waals surface area (Å²) in [7, 11) is 1.37. The zero-order valence-electron chi connectivity index (χ0n) is 12.1. The third kappa shape index (κ3) is 8.34. The first kappa shape index (κ1) is 17.5. The fraction of sp³-hybridized carbons (Fsp3) is 0.467. The van der Waals surface area contributed by atoms with Crippen molar-refractivity contribution in [1.29, 1.82) is 0 Å². The van der Waals surface area contributed by atoms with Crippen LogP contribution in [0.15, 0.2) is 28.7 Å². The van der Waals surface area contributed by atoms with Crippen molar-refractivity contribution in [2.24, 2.45) is 0 Å². The Balaban J connectivity index is 2.05. The van der Waals surface area contributed by atoms with Crippen LogP contribution in [-0.2, 0) is 14.3 Å². The zero-order valence-corrected chi connectivity index (χ0v) is 13.6. The van der Waals surface area contributed by atoms with Gasteiger partial charge in [0.15, 0.2) is 0 Å². The number of methoxy groups -OCH3 is 1. The summed E-state index contributed by atoms with van der Waals surface area (Å²) < 4.78 is 11.0. The van der Waals surface area contributed by atoms with E-state index in [0.29, 0.717) is 32.4 Å². The number of unbranched alkanes of at least 4 members (excludes halogenated alkanes) is 1. The number of carbonyl (C=O) groups is 2. The Morgan fingerprint density at radius 1 is 1.24 bits per heavy atom. The minimum absolute atomic E-state index is 0.0527. The summed E-state index contributed by atoms with van der Waals surface area (Å²) in [5.41, 5.74) is 0. The number of benzene rings is 1. The summed E-state index contributed by atoms with van der Waals surface area (Å²) in [4.78, 5) is 22.4. The van der Waals surface area contributed by atoms with Crippen molar-refractivity contribution in [3.63, 3.8) is 0 Å². The van der Waals surface area contributed by atoms with Gasteiger partial charge in [-0.15, -0.1) is 0 Å². The van der Waals surface area contributed by atoms with Crippen molar-refractivity contribution in [2.45, 2.75) is 25.7 Å². The number of halogens is 1. The molecule has 1 rings (SSSR count). The highest BCUT2D eigenvalue weighted by Gasteiger charge is 2.03. The van der Waals surface area contributed by atoms with Crippen LogP contribution in [-0.4, -0.2) is 32.1 Å². The molecule has 0 spiro atoms. The Labute approximate surface area is 133 Å². The number of amides is 1. The minimum Gasteiger partial charge on any atom is -0.493 e. The summed E-state index contributed by atoms with van der Waals surface area (Å²) >= 11 is 3.36. The minimum atomic E-state index is -0.219. The molecule has 0 bridgehead atoms. The number of esters is 1. The smallest absolute Gasteiger partial charge is 0.305 e. The van der Waals surface area contributed by atoms with Gasteiger partial charge in [-0.25, -0.2) is 0 Å². The molecule has 1 amide bonds. The zero-order chi connectivity index (χ0) is 15.5. The molecule has 0 saturated carbocycles. The molecule has 6 heteroatoms. The van der Waals surface area contributed by atoms with E-state index in [0.717, 1.165) is 16.6 Å². The molecule has 1 aromatic carbocycles. The summed E-state index contributed by atoms with van der Waals surface area (Å²) in [6.07, 6.45) is 2.16. The maximum Gasteiger partial charge on any atom is 0.305 e. The number of hydrogen-bond acceptors (Lipinski definition) is 4. The topological polar surface area (TPSA) is 64.6 Å². The molecule has 0 aromatic heterocycles.